The minimum atomic E-state index is -1.14. The molecule has 2 rings (SSSR count). The minimum absolute atomic E-state index is 0.105. The Morgan fingerprint density at radius 3 is 2.36 bits per heavy atom. The highest BCUT2D eigenvalue weighted by Crippen LogP contribution is 2.29. The van der Waals surface area contributed by atoms with E-state index in [1.54, 1.807) is 37.3 Å². The zero-order chi connectivity index (χ0) is 20.7. The molecule has 0 saturated carbocycles. The number of anilines is 1. The lowest BCUT2D eigenvalue weighted by molar-refractivity contribution is -0.137. The molecule has 2 N–H and O–H groups in total. The average molecular weight is 390 g/mol. The Labute approximate surface area is 162 Å². The minimum Gasteiger partial charge on any atom is -0.497 e. The van der Waals surface area contributed by atoms with Crippen LogP contribution >= 0.6 is 0 Å². The number of amides is 2. The summed E-state index contributed by atoms with van der Waals surface area (Å²) in [4.78, 5) is 24.5. The van der Waals surface area contributed by atoms with E-state index in [2.05, 4.69) is 10.6 Å². The van der Waals surface area contributed by atoms with E-state index in [4.69, 9.17) is 14.2 Å². The monoisotopic (exact) mass is 390 g/mol. The zero-order valence-electron chi connectivity index (χ0n) is 16.2. The fraction of sp³-hybridized carbons (Fsp3) is 0.300. The van der Waals surface area contributed by atoms with Crippen molar-refractivity contribution in [1.82, 2.24) is 5.32 Å². The van der Waals surface area contributed by atoms with E-state index >= 15 is 0 Å². The second-order valence-corrected chi connectivity index (χ2v) is 6.12. The van der Waals surface area contributed by atoms with Gasteiger partial charge in [0.05, 0.1) is 26.5 Å². The summed E-state index contributed by atoms with van der Waals surface area (Å²) in [6, 6.07) is 10.9. The molecule has 150 valence electrons. The van der Waals surface area contributed by atoms with Crippen LogP contribution in [0.2, 0.25) is 0 Å². The Kier molecular flexibility index (Phi) is 6.94. The van der Waals surface area contributed by atoms with Crippen molar-refractivity contribution in [2.45, 2.75) is 12.5 Å². The van der Waals surface area contributed by atoms with E-state index in [1.165, 1.54) is 33.5 Å². The summed E-state index contributed by atoms with van der Waals surface area (Å²) < 4.78 is 29.8. The van der Waals surface area contributed by atoms with Crippen LogP contribution < -0.4 is 20.1 Å². The molecule has 0 bridgehead atoms. The molecule has 8 heteroatoms. The van der Waals surface area contributed by atoms with E-state index < -0.39 is 23.2 Å². The predicted molar refractivity (Wildman–Crippen MR) is 102 cm³/mol. The van der Waals surface area contributed by atoms with Gasteiger partial charge in [0.2, 0.25) is 0 Å². The first-order valence-corrected chi connectivity index (χ1v) is 8.46. The van der Waals surface area contributed by atoms with Crippen LogP contribution in [-0.4, -0.2) is 39.7 Å². The van der Waals surface area contributed by atoms with Crippen molar-refractivity contribution in [2.24, 2.45) is 0 Å². The van der Waals surface area contributed by atoms with Gasteiger partial charge in [-0.05, 0) is 25.1 Å². The van der Waals surface area contributed by atoms with Gasteiger partial charge in [0.25, 0.3) is 0 Å². The molecule has 0 aromatic heterocycles. The molecule has 0 heterocycles. The number of benzene rings is 2. The number of ether oxygens (including phenoxy) is 3. The first-order chi connectivity index (χ1) is 13.3. The number of carbonyl (C=O) groups excluding carboxylic acids is 2. The van der Waals surface area contributed by atoms with Gasteiger partial charge in [-0.3, -0.25) is 9.59 Å². The van der Waals surface area contributed by atoms with E-state index in [-0.39, 0.29) is 17.8 Å². The van der Waals surface area contributed by atoms with Gasteiger partial charge in [-0.25, -0.2) is 4.39 Å². The quantitative estimate of drug-likeness (QED) is 0.710. The van der Waals surface area contributed by atoms with Crippen molar-refractivity contribution in [2.75, 3.05) is 33.2 Å². The highest BCUT2D eigenvalue weighted by atomic mass is 19.1. The van der Waals surface area contributed by atoms with Crippen LogP contribution in [0.4, 0.5) is 10.1 Å². The third-order valence-corrected chi connectivity index (χ3v) is 4.34. The summed E-state index contributed by atoms with van der Waals surface area (Å²) >= 11 is 0. The Bertz CT molecular complexity index is 858. The topological polar surface area (TPSA) is 85.9 Å². The van der Waals surface area contributed by atoms with Gasteiger partial charge in [-0.2, -0.15) is 0 Å². The van der Waals surface area contributed by atoms with Gasteiger partial charge in [0.15, 0.2) is 0 Å². The summed E-state index contributed by atoms with van der Waals surface area (Å²) in [7, 11) is 4.32. The van der Waals surface area contributed by atoms with Gasteiger partial charge in [0, 0.05) is 18.7 Å². The molecule has 0 fully saturated rings. The zero-order valence-corrected chi connectivity index (χ0v) is 16.2. The fourth-order valence-corrected chi connectivity index (χ4v) is 2.59. The molecule has 0 aliphatic carbocycles. The first-order valence-electron chi connectivity index (χ1n) is 8.46. The Morgan fingerprint density at radius 2 is 1.75 bits per heavy atom. The summed E-state index contributed by atoms with van der Waals surface area (Å²) in [6.07, 6.45) is 0. The van der Waals surface area contributed by atoms with E-state index in [0.29, 0.717) is 11.5 Å². The Morgan fingerprint density at radius 1 is 1.04 bits per heavy atom. The van der Waals surface area contributed by atoms with E-state index in [1.807, 2.05) is 0 Å². The molecule has 0 aliphatic rings. The van der Waals surface area contributed by atoms with Crippen molar-refractivity contribution in [3.63, 3.8) is 0 Å². The molecule has 28 heavy (non-hydrogen) atoms. The molecule has 1 unspecified atom stereocenters. The third-order valence-electron chi connectivity index (χ3n) is 4.34. The van der Waals surface area contributed by atoms with Crippen LogP contribution in [0.3, 0.4) is 0 Å². The largest absolute Gasteiger partial charge is 0.497 e. The van der Waals surface area contributed by atoms with Gasteiger partial charge >= 0.3 is 11.8 Å². The fourth-order valence-electron chi connectivity index (χ4n) is 2.59. The lowest BCUT2D eigenvalue weighted by Crippen LogP contribution is -2.44. The van der Waals surface area contributed by atoms with Crippen LogP contribution in [0.15, 0.2) is 42.5 Å². The number of methoxy groups -OCH3 is 3. The summed E-state index contributed by atoms with van der Waals surface area (Å²) in [5.41, 5.74) is -0.590. The van der Waals surface area contributed by atoms with Crippen molar-refractivity contribution in [3.8, 4) is 11.5 Å². The molecular formula is C20H23FN2O5. The second kappa shape index (κ2) is 9.18. The number of hydrogen-bond donors (Lipinski definition) is 2. The first kappa shape index (κ1) is 21.2. The SMILES string of the molecule is COc1ccc(OC)c(NC(=O)C(=O)NCC(C)(OC)c2ccccc2F)c1. The molecule has 2 amide bonds. The van der Waals surface area contributed by atoms with Crippen molar-refractivity contribution >= 4 is 17.5 Å². The maximum atomic E-state index is 14.1. The lowest BCUT2D eigenvalue weighted by atomic mass is 9.95. The van der Waals surface area contributed by atoms with Crippen molar-refractivity contribution < 1.29 is 28.2 Å². The predicted octanol–water partition coefficient (Wildman–Crippen LogP) is 2.46. The molecule has 1 atom stereocenters. The molecule has 0 saturated heterocycles. The molecule has 0 radical (unpaired) electrons. The Balaban J connectivity index is 2.08. The number of rotatable bonds is 7. The van der Waals surface area contributed by atoms with Gasteiger partial charge in [0.1, 0.15) is 22.9 Å². The van der Waals surface area contributed by atoms with Crippen LogP contribution in [-0.2, 0) is 19.9 Å². The lowest BCUT2D eigenvalue weighted by Gasteiger charge is -2.29. The highest BCUT2D eigenvalue weighted by molar-refractivity contribution is 6.39. The van der Waals surface area contributed by atoms with Crippen molar-refractivity contribution in [1.29, 1.82) is 0 Å². The van der Waals surface area contributed by atoms with Crippen molar-refractivity contribution in [3.05, 3.63) is 53.8 Å². The molecule has 2 aromatic rings. The molecule has 0 spiro atoms. The molecule has 2 aromatic carbocycles. The number of nitrogens with one attached hydrogen (secondary N) is 2. The molecule has 7 nitrogen and oxygen atoms in total. The van der Waals surface area contributed by atoms with E-state index in [9.17, 15) is 14.0 Å². The number of hydrogen-bond acceptors (Lipinski definition) is 5. The summed E-state index contributed by atoms with van der Waals surface area (Å²) in [5, 5.41) is 4.94. The van der Waals surface area contributed by atoms with Gasteiger partial charge in [-0.15, -0.1) is 0 Å². The number of carbonyl (C=O) groups is 2. The average Bonchev–Trinajstić information content (AvgIpc) is 2.71. The van der Waals surface area contributed by atoms with Gasteiger partial charge in [-0.1, -0.05) is 18.2 Å². The smallest absolute Gasteiger partial charge is 0.313 e. The second-order valence-electron chi connectivity index (χ2n) is 6.12. The summed E-state index contributed by atoms with van der Waals surface area (Å²) in [5.74, 6) is -1.41. The molecule has 0 aliphatic heterocycles. The van der Waals surface area contributed by atoms with E-state index in [0.717, 1.165) is 0 Å². The third kappa shape index (κ3) is 4.77. The maximum Gasteiger partial charge on any atom is 0.313 e. The molecular weight excluding hydrogens is 367 g/mol. The highest BCUT2D eigenvalue weighted by Gasteiger charge is 2.30. The van der Waals surface area contributed by atoms with Crippen LogP contribution in [0.5, 0.6) is 11.5 Å². The van der Waals surface area contributed by atoms with Crippen LogP contribution in [0, 0.1) is 5.82 Å². The Hall–Kier alpha value is -3.13. The van der Waals surface area contributed by atoms with Crippen LogP contribution in [0.25, 0.3) is 0 Å². The normalized spacial score (nSPS) is 12.6. The summed E-state index contributed by atoms with van der Waals surface area (Å²) in [6.45, 7) is 1.51. The maximum absolute atomic E-state index is 14.1. The standard InChI is InChI=1S/C20H23FN2O5/c1-20(28-4,14-7-5-6-8-15(14)21)12-22-18(24)19(25)23-16-11-13(26-2)9-10-17(16)27-3/h5-11H,12H2,1-4H3,(H,22,24)(H,23,25). The number of halogens is 1. The van der Waals surface area contributed by atoms with Crippen LogP contribution in [0.1, 0.15) is 12.5 Å². The van der Waals surface area contributed by atoms with Gasteiger partial charge < -0.3 is 24.8 Å².